The fourth-order valence-corrected chi connectivity index (χ4v) is 1.72. The minimum atomic E-state index is -1.01. The highest BCUT2D eigenvalue weighted by atomic mass is 32.2. The summed E-state index contributed by atoms with van der Waals surface area (Å²) in [6.07, 6.45) is 1.86. The van der Waals surface area contributed by atoms with Gasteiger partial charge in [-0.2, -0.15) is 0 Å². The van der Waals surface area contributed by atoms with Crippen molar-refractivity contribution in [3.63, 3.8) is 0 Å². The summed E-state index contributed by atoms with van der Waals surface area (Å²) < 4.78 is 10.2. The number of carboxylic acids is 1. The molecule has 0 bridgehead atoms. The predicted molar refractivity (Wildman–Crippen MR) is 76.8 cm³/mol. The largest absolute Gasteiger partial charge is 0.480 e. The number of thioether (sulfide) groups is 1. The third kappa shape index (κ3) is 4.63. The molecule has 1 N–H and O–H groups in total. The van der Waals surface area contributed by atoms with Crippen molar-refractivity contribution in [1.29, 1.82) is 0 Å². The second-order valence-electron chi connectivity index (χ2n) is 3.84. The van der Waals surface area contributed by atoms with Gasteiger partial charge in [-0.3, -0.25) is 0 Å². The number of carbonyl (C=O) groups is 1. The number of hydrogen-bond donors (Lipinski definition) is 1. The molecule has 1 heterocycles. The molecule has 0 radical (unpaired) electrons. The van der Waals surface area contributed by atoms with Crippen LogP contribution in [0, 0.1) is 11.8 Å². The molecule has 0 unspecified atom stereocenters. The molecule has 108 valence electrons. The first-order valence-electron chi connectivity index (χ1n) is 5.95. The summed E-state index contributed by atoms with van der Waals surface area (Å²) in [5.74, 6) is 5.07. The zero-order valence-electron chi connectivity index (χ0n) is 11.2. The molecule has 0 atom stereocenters. The Balaban J connectivity index is 1.96. The fraction of sp³-hybridized carbons (Fsp3) is 0.214. The van der Waals surface area contributed by atoms with Gasteiger partial charge < -0.3 is 14.3 Å². The zero-order chi connectivity index (χ0) is 15.1. The molecular formula is C14H12N2O4S. The van der Waals surface area contributed by atoms with Crippen LogP contribution in [0.2, 0.25) is 0 Å². The highest BCUT2D eigenvalue weighted by Crippen LogP contribution is 2.21. The van der Waals surface area contributed by atoms with E-state index in [-0.39, 0.29) is 13.2 Å². The van der Waals surface area contributed by atoms with Crippen molar-refractivity contribution in [2.24, 2.45) is 0 Å². The van der Waals surface area contributed by atoms with Crippen LogP contribution in [0.4, 0.5) is 0 Å². The van der Waals surface area contributed by atoms with Crippen LogP contribution in [0.15, 0.2) is 33.9 Å². The number of rotatable bonds is 5. The molecule has 2 rings (SSSR count). The standard InChI is InChI=1S/C14H12N2O4S/c1-21-14-16-15-13(20-14)11-6-4-10(5-7-11)3-2-8-19-9-12(17)18/h4-7H,8-9H2,1H3,(H,17,18). The Morgan fingerprint density at radius 2 is 2.14 bits per heavy atom. The van der Waals surface area contributed by atoms with Crippen LogP contribution in [0.5, 0.6) is 0 Å². The minimum absolute atomic E-state index is 0.0782. The molecular weight excluding hydrogens is 292 g/mol. The smallest absolute Gasteiger partial charge is 0.329 e. The SMILES string of the molecule is CSc1nnc(-c2ccc(C#CCOCC(=O)O)cc2)o1. The van der Waals surface area contributed by atoms with Gasteiger partial charge in [0.2, 0.25) is 5.89 Å². The fourth-order valence-electron chi connectivity index (χ4n) is 1.43. The summed E-state index contributed by atoms with van der Waals surface area (Å²) in [5.41, 5.74) is 1.61. The van der Waals surface area contributed by atoms with E-state index in [2.05, 4.69) is 22.0 Å². The first kappa shape index (κ1) is 15.1. The third-order valence-electron chi connectivity index (χ3n) is 2.35. The molecule has 7 heteroatoms. The van der Waals surface area contributed by atoms with Gasteiger partial charge in [-0.1, -0.05) is 23.6 Å². The van der Waals surface area contributed by atoms with Crippen molar-refractivity contribution in [2.75, 3.05) is 19.5 Å². The maximum absolute atomic E-state index is 10.2. The molecule has 0 saturated carbocycles. The van der Waals surface area contributed by atoms with Gasteiger partial charge in [0.1, 0.15) is 13.2 Å². The Hall–Kier alpha value is -2.30. The van der Waals surface area contributed by atoms with Crippen LogP contribution < -0.4 is 0 Å². The van der Waals surface area contributed by atoms with E-state index in [1.165, 1.54) is 11.8 Å². The Labute approximate surface area is 125 Å². The van der Waals surface area contributed by atoms with Crippen molar-refractivity contribution >= 4 is 17.7 Å². The van der Waals surface area contributed by atoms with E-state index >= 15 is 0 Å². The van der Waals surface area contributed by atoms with Crippen LogP contribution in [-0.2, 0) is 9.53 Å². The molecule has 0 aliphatic carbocycles. The summed E-state index contributed by atoms with van der Waals surface area (Å²) in [4.78, 5) is 10.2. The lowest BCUT2D eigenvalue weighted by Gasteiger charge is -1.95. The average Bonchev–Trinajstić information content (AvgIpc) is 2.96. The topological polar surface area (TPSA) is 85.5 Å². The lowest BCUT2D eigenvalue weighted by atomic mass is 10.1. The Morgan fingerprint density at radius 3 is 2.76 bits per heavy atom. The molecule has 6 nitrogen and oxygen atoms in total. The van der Waals surface area contributed by atoms with Gasteiger partial charge in [0.25, 0.3) is 5.22 Å². The summed E-state index contributed by atoms with van der Waals surface area (Å²) in [6, 6.07) is 7.31. The van der Waals surface area contributed by atoms with E-state index in [0.29, 0.717) is 11.1 Å². The number of ether oxygens (including phenoxy) is 1. The molecule has 1 aromatic heterocycles. The Bertz CT molecular complexity index is 670. The van der Waals surface area contributed by atoms with Gasteiger partial charge >= 0.3 is 5.97 Å². The van der Waals surface area contributed by atoms with E-state index in [9.17, 15) is 4.79 Å². The first-order chi connectivity index (χ1) is 10.2. The number of aromatic nitrogens is 2. The maximum atomic E-state index is 10.2. The number of carboxylic acid groups (broad SMARTS) is 1. The second-order valence-corrected chi connectivity index (χ2v) is 4.60. The molecule has 1 aromatic carbocycles. The molecule has 0 spiro atoms. The summed E-state index contributed by atoms with van der Waals surface area (Å²) in [7, 11) is 0. The average molecular weight is 304 g/mol. The maximum Gasteiger partial charge on any atom is 0.329 e. The Morgan fingerprint density at radius 1 is 1.38 bits per heavy atom. The summed E-state index contributed by atoms with van der Waals surface area (Å²) >= 11 is 1.39. The number of benzene rings is 1. The van der Waals surface area contributed by atoms with Crippen LogP contribution in [0.3, 0.4) is 0 Å². The van der Waals surface area contributed by atoms with Gasteiger partial charge in [-0.15, -0.1) is 10.2 Å². The number of aliphatic carboxylic acids is 1. The minimum Gasteiger partial charge on any atom is -0.480 e. The third-order valence-corrected chi connectivity index (χ3v) is 2.86. The molecule has 0 aliphatic heterocycles. The van der Waals surface area contributed by atoms with Gasteiger partial charge in [0.05, 0.1) is 0 Å². The van der Waals surface area contributed by atoms with Gasteiger partial charge in [0, 0.05) is 11.1 Å². The molecule has 0 saturated heterocycles. The van der Waals surface area contributed by atoms with Crippen LogP contribution in [-0.4, -0.2) is 40.7 Å². The first-order valence-corrected chi connectivity index (χ1v) is 7.18. The summed E-state index contributed by atoms with van der Waals surface area (Å²) in [5, 5.41) is 16.7. The van der Waals surface area contributed by atoms with Crippen molar-refractivity contribution in [2.45, 2.75) is 5.22 Å². The Kier molecular flexibility index (Phi) is 5.37. The van der Waals surface area contributed by atoms with Crippen LogP contribution >= 0.6 is 11.8 Å². The van der Waals surface area contributed by atoms with E-state index in [1.807, 2.05) is 30.5 Å². The molecule has 0 amide bonds. The van der Waals surface area contributed by atoms with Crippen molar-refractivity contribution < 1.29 is 19.1 Å². The molecule has 0 aliphatic rings. The normalized spacial score (nSPS) is 9.95. The zero-order valence-corrected chi connectivity index (χ0v) is 12.0. The molecule has 0 fully saturated rings. The van der Waals surface area contributed by atoms with Crippen molar-refractivity contribution in [3.8, 4) is 23.3 Å². The molecule has 2 aromatic rings. The van der Waals surface area contributed by atoms with E-state index < -0.39 is 5.97 Å². The van der Waals surface area contributed by atoms with E-state index in [0.717, 1.165) is 11.1 Å². The predicted octanol–water partition coefficient (Wildman–Crippen LogP) is 1.91. The van der Waals surface area contributed by atoms with Crippen molar-refractivity contribution in [3.05, 3.63) is 29.8 Å². The number of hydrogen-bond acceptors (Lipinski definition) is 6. The van der Waals surface area contributed by atoms with E-state index in [1.54, 1.807) is 0 Å². The quantitative estimate of drug-likeness (QED) is 0.513. The van der Waals surface area contributed by atoms with Gasteiger partial charge in [-0.05, 0) is 30.5 Å². The monoisotopic (exact) mass is 304 g/mol. The van der Waals surface area contributed by atoms with Crippen LogP contribution in [0.1, 0.15) is 5.56 Å². The second kappa shape index (κ2) is 7.47. The lowest BCUT2D eigenvalue weighted by molar-refractivity contribution is -0.141. The van der Waals surface area contributed by atoms with Crippen LogP contribution in [0.25, 0.3) is 11.5 Å². The lowest BCUT2D eigenvalue weighted by Crippen LogP contribution is -2.06. The number of nitrogens with zero attached hydrogens (tertiary/aromatic N) is 2. The van der Waals surface area contributed by atoms with Gasteiger partial charge in [0.15, 0.2) is 0 Å². The molecule has 21 heavy (non-hydrogen) atoms. The highest BCUT2D eigenvalue weighted by molar-refractivity contribution is 7.98. The van der Waals surface area contributed by atoms with Crippen molar-refractivity contribution in [1.82, 2.24) is 10.2 Å². The highest BCUT2D eigenvalue weighted by Gasteiger charge is 2.06. The van der Waals surface area contributed by atoms with E-state index in [4.69, 9.17) is 14.3 Å². The summed E-state index contributed by atoms with van der Waals surface area (Å²) in [6.45, 7) is -0.267. The van der Waals surface area contributed by atoms with Gasteiger partial charge in [-0.25, -0.2) is 4.79 Å².